The number of carbonyl (C=O) groups excluding carboxylic acids is 1. The second kappa shape index (κ2) is 6.36. The van der Waals surface area contributed by atoms with E-state index in [0.717, 1.165) is 19.3 Å². The number of rotatable bonds is 7. The molecule has 2 nitrogen and oxygen atoms in total. The molecule has 0 saturated carbocycles. The maximum atomic E-state index is 13.0. The number of Topliss-reactive ketones (excluding diaryl/α,β-unsaturated/α-hetero) is 1. The third kappa shape index (κ3) is 3.34. The van der Waals surface area contributed by atoms with Crippen molar-refractivity contribution < 1.29 is 18.0 Å². The first-order chi connectivity index (χ1) is 8.44. The predicted molar refractivity (Wildman–Crippen MR) is 64.3 cm³/mol. The summed E-state index contributed by atoms with van der Waals surface area (Å²) < 4.78 is 39.1. The molecule has 104 valence electrons. The van der Waals surface area contributed by atoms with Crippen LogP contribution in [-0.2, 0) is 4.79 Å². The average molecular weight is 263 g/mol. The van der Waals surface area contributed by atoms with Crippen molar-refractivity contribution in [2.24, 2.45) is 5.41 Å². The zero-order valence-electron chi connectivity index (χ0n) is 10.5. The van der Waals surface area contributed by atoms with Gasteiger partial charge in [-0.15, -0.1) is 6.58 Å². The normalized spacial score (nSPS) is 24.2. The summed E-state index contributed by atoms with van der Waals surface area (Å²) in [6.45, 7) is 3.58. The van der Waals surface area contributed by atoms with Crippen LogP contribution >= 0.6 is 0 Å². The summed E-state index contributed by atoms with van der Waals surface area (Å²) in [5.74, 6) is -0.654. The lowest BCUT2D eigenvalue weighted by Crippen LogP contribution is -2.46. The summed E-state index contributed by atoms with van der Waals surface area (Å²) in [7, 11) is 0. The Morgan fingerprint density at radius 1 is 1.33 bits per heavy atom. The Balaban J connectivity index is 2.49. The van der Waals surface area contributed by atoms with Gasteiger partial charge in [-0.25, -0.2) is 0 Å². The SMILES string of the molecule is C=CCCCCCC(=O)C1(C(F)(F)F)CCNC1. The summed E-state index contributed by atoms with van der Waals surface area (Å²) in [6.07, 6.45) is 0.285. The largest absolute Gasteiger partial charge is 0.402 e. The van der Waals surface area contributed by atoms with E-state index in [-0.39, 0.29) is 25.9 Å². The third-order valence-corrected chi connectivity index (χ3v) is 3.54. The second-order valence-electron chi connectivity index (χ2n) is 4.82. The van der Waals surface area contributed by atoms with Crippen molar-refractivity contribution in [2.75, 3.05) is 13.1 Å². The molecule has 0 aromatic carbocycles. The molecule has 1 atom stereocenters. The summed E-state index contributed by atoms with van der Waals surface area (Å²) in [5, 5.41) is 2.66. The fourth-order valence-corrected chi connectivity index (χ4v) is 2.32. The number of hydrogen-bond donors (Lipinski definition) is 1. The van der Waals surface area contributed by atoms with Crippen molar-refractivity contribution in [1.82, 2.24) is 5.32 Å². The molecule has 0 amide bonds. The lowest BCUT2D eigenvalue weighted by Gasteiger charge is -2.29. The molecule has 1 rings (SSSR count). The Hall–Kier alpha value is -0.840. The van der Waals surface area contributed by atoms with E-state index in [0.29, 0.717) is 6.42 Å². The van der Waals surface area contributed by atoms with Gasteiger partial charge < -0.3 is 5.32 Å². The molecule has 0 aromatic heterocycles. The number of allylic oxidation sites excluding steroid dienone is 1. The molecule has 0 aliphatic carbocycles. The maximum absolute atomic E-state index is 13.0. The standard InChI is InChI=1S/C13H20F3NO/c1-2-3-4-5-6-7-11(18)12(13(14,15)16)8-9-17-10-12/h2,17H,1,3-10H2. The highest BCUT2D eigenvalue weighted by Gasteiger charge is 2.60. The van der Waals surface area contributed by atoms with E-state index in [9.17, 15) is 18.0 Å². The van der Waals surface area contributed by atoms with E-state index >= 15 is 0 Å². The van der Waals surface area contributed by atoms with Gasteiger partial charge in [-0.1, -0.05) is 12.5 Å². The quantitative estimate of drug-likeness (QED) is 0.564. The number of ketones is 1. The van der Waals surface area contributed by atoms with Crippen LogP contribution in [0, 0.1) is 5.41 Å². The van der Waals surface area contributed by atoms with Gasteiger partial charge in [-0.3, -0.25) is 4.79 Å². The highest BCUT2D eigenvalue weighted by molar-refractivity contribution is 5.86. The smallest absolute Gasteiger partial charge is 0.315 e. The number of carbonyl (C=O) groups is 1. The van der Waals surface area contributed by atoms with Crippen LogP contribution in [0.3, 0.4) is 0 Å². The van der Waals surface area contributed by atoms with Gasteiger partial charge in [-0.05, 0) is 32.2 Å². The van der Waals surface area contributed by atoms with E-state index in [1.165, 1.54) is 0 Å². The van der Waals surface area contributed by atoms with Crippen molar-refractivity contribution in [3.8, 4) is 0 Å². The molecule has 0 aromatic rings. The maximum Gasteiger partial charge on any atom is 0.402 e. The van der Waals surface area contributed by atoms with Crippen molar-refractivity contribution >= 4 is 5.78 Å². The molecule has 1 N–H and O–H groups in total. The van der Waals surface area contributed by atoms with Crippen LogP contribution < -0.4 is 5.32 Å². The molecule has 5 heteroatoms. The Morgan fingerprint density at radius 3 is 2.56 bits per heavy atom. The second-order valence-corrected chi connectivity index (χ2v) is 4.82. The molecule has 0 radical (unpaired) electrons. The minimum absolute atomic E-state index is 0.0261. The van der Waals surface area contributed by atoms with Crippen LogP contribution in [-0.4, -0.2) is 25.0 Å². The Morgan fingerprint density at radius 2 is 2.06 bits per heavy atom. The first-order valence-electron chi connectivity index (χ1n) is 6.36. The first-order valence-corrected chi connectivity index (χ1v) is 6.36. The number of alkyl halides is 3. The van der Waals surface area contributed by atoms with Gasteiger partial charge in [0.15, 0.2) is 0 Å². The molecule has 1 heterocycles. The lowest BCUT2D eigenvalue weighted by atomic mass is 9.79. The summed E-state index contributed by atoms with van der Waals surface area (Å²) in [5.41, 5.74) is -2.13. The molecule has 0 spiro atoms. The van der Waals surface area contributed by atoms with E-state index in [2.05, 4.69) is 11.9 Å². The lowest BCUT2D eigenvalue weighted by molar-refractivity contribution is -0.214. The number of halogens is 3. The van der Waals surface area contributed by atoms with Gasteiger partial charge in [0, 0.05) is 13.0 Å². The third-order valence-electron chi connectivity index (χ3n) is 3.54. The number of nitrogens with one attached hydrogen (secondary N) is 1. The fourth-order valence-electron chi connectivity index (χ4n) is 2.32. The minimum Gasteiger partial charge on any atom is -0.315 e. The van der Waals surface area contributed by atoms with E-state index in [1.54, 1.807) is 6.08 Å². The van der Waals surface area contributed by atoms with Gasteiger partial charge in [-0.2, -0.15) is 13.2 Å². The zero-order chi connectivity index (χ0) is 13.6. The van der Waals surface area contributed by atoms with E-state index in [4.69, 9.17) is 0 Å². The number of hydrogen-bond acceptors (Lipinski definition) is 2. The molecular formula is C13H20F3NO. The Labute approximate surface area is 106 Å². The topological polar surface area (TPSA) is 29.1 Å². The van der Waals surface area contributed by atoms with Crippen LogP contribution in [0.2, 0.25) is 0 Å². The van der Waals surface area contributed by atoms with Gasteiger partial charge >= 0.3 is 6.18 Å². The van der Waals surface area contributed by atoms with Crippen molar-refractivity contribution in [1.29, 1.82) is 0 Å². The zero-order valence-corrected chi connectivity index (χ0v) is 10.5. The monoisotopic (exact) mass is 263 g/mol. The van der Waals surface area contributed by atoms with Crippen LogP contribution in [0.5, 0.6) is 0 Å². The predicted octanol–water partition coefficient (Wildman–Crippen LogP) is 3.23. The molecule has 1 saturated heterocycles. The summed E-state index contributed by atoms with van der Waals surface area (Å²) >= 11 is 0. The minimum atomic E-state index is -4.44. The molecular weight excluding hydrogens is 243 g/mol. The van der Waals surface area contributed by atoms with Crippen molar-refractivity contribution in [3.05, 3.63) is 12.7 Å². The van der Waals surface area contributed by atoms with Crippen LogP contribution in [0.4, 0.5) is 13.2 Å². The fraction of sp³-hybridized carbons (Fsp3) is 0.769. The highest BCUT2D eigenvalue weighted by atomic mass is 19.4. The van der Waals surface area contributed by atoms with Gasteiger partial charge in [0.05, 0.1) is 0 Å². The number of unbranched alkanes of at least 4 members (excludes halogenated alkanes) is 3. The summed E-state index contributed by atoms with van der Waals surface area (Å²) in [6, 6.07) is 0. The molecule has 1 aliphatic heterocycles. The molecule has 0 bridgehead atoms. The van der Waals surface area contributed by atoms with Crippen LogP contribution in [0.15, 0.2) is 12.7 Å². The molecule has 18 heavy (non-hydrogen) atoms. The van der Waals surface area contributed by atoms with E-state index in [1.807, 2.05) is 0 Å². The summed E-state index contributed by atoms with van der Waals surface area (Å²) in [4.78, 5) is 11.9. The van der Waals surface area contributed by atoms with Crippen LogP contribution in [0.25, 0.3) is 0 Å². The Bertz CT molecular complexity index is 293. The van der Waals surface area contributed by atoms with E-state index < -0.39 is 17.4 Å². The highest BCUT2D eigenvalue weighted by Crippen LogP contribution is 2.44. The Kier molecular flexibility index (Phi) is 5.38. The van der Waals surface area contributed by atoms with Crippen molar-refractivity contribution in [2.45, 2.75) is 44.7 Å². The molecule has 1 unspecified atom stereocenters. The molecule has 1 aliphatic rings. The van der Waals surface area contributed by atoms with Gasteiger partial charge in [0.1, 0.15) is 11.2 Å². The average Bonchev–Trinajstić information content (AvgIpc) is 2.78. The first kappa shape index (κ1) is 15.2. The molecule has 1 fully saturated rings. The van der Waals surface area contributed by atoms with Crippen LogP contribution in [0.1, 0.15) is 38.5 Å². The van der Waals surface area contributed by atoms with Crippen molar-refractivity contribution in [3.63, 3.8) is 0 Å². The van der Waals surface area contributed by atoms with Gasteiger partial charge in [0.2, 0.25) is 0 Å². The van der Waals surface area contributed by atoms with Gasteiger partial charge in [0.25, 0.3) is 0 Å².